The van der Waals surface area contributed by atoms with Crippen LogP contribution in [0.3, 0.4) is 0 Å². The van der Waals surface area contributed by atoms with Crippen LogP contribution in [0, 0.1) is 11.8 Å². The summed E-state index contributed by atoms with van der Waals surface area (Å²) >= 11 is 0. The van der Waals surface area contributed by atoms with Crippen molar-refractivity contribution in [3.8, 4) is 0 Å². The first-order valence-corrected chi connectivity index (χ1v) is 7.86. The summed E-state index contributed by atoms with van der Waals surface area (Å²) in [6.07, 6.45) is 4.05. The summed E-state index contributed by atoms with van der Waals surface area (Å²) in [6, 6.07) is -0.659. The van der Waals surface area contributed by atoms with Crippen molar-refractivity contribution >= 4 is 11.8 Å². The molecule has 5 atom stereocenters. The highest BCUT2D eigenvalue weighted by Crippen LogP contribution is 2.37. The maximum Gasteiger partial charge on any atom is 0.239 e. The van der Waals surface area contributed by atoms with Crippen molar-refractivity contribution < 1.29 is 19.8 Å². The molecule has 0 radical (unpaired) electrons. The second-order valence-corrected chi connectivity index (χ2v) is 6.04. The fourth-order valence-electron chi connectivity index (χ4n) is 3.48. The van der Waals surface area contributed by atoms with Crippen molar-refractivity contribution in [1.29, 1.82) is 0 Å². The summed E-state index contributed by atoms with van der Waals surface area (Å²) in [7, 11) is 0. The van der Waals surface area contributed by atoms with E-state index in [1.54, 1.807) is 18.2 Å². The standard InChI is InChI=1S/C15H22N4O4/c16-6-7-17-9-3-1-2-8-12(9)15(23)19(14(8)22)10-4-5-11(20)18-13(10)21/h1-3,8,10-13,17-18,20-21H,4-7,16H2. The number of hydrogen-bond acceptors (Lipinski definition) is 7. The van der Waals surface area contributed by atoms with Gasteiger partial charge in [0.25, 0.3) is 0 Å². The van der Waals surface area contributed by atoms with Crippen LogP contribution >= 0.6 is 0 Å². The number of nitrogens with one attached hydrogen (secondary N) is 2. The molecular formula is C15H22N4O4. The predicted octanol–water partition coefficient (Wildman–Crippen LogP) is -2.02. The number of allylic oxidation sites excluding steroid dienone is 2. The maximum absolute atomic E-state index is 12.8. The lowest BCUT2D eigenvalue weighted by atomic mass is 9.88. The molecule has 0 aromatic heterocycles. The van der Waals surface area contributed by atoms with Crippen molar-refractivity contribution in [2.24, 2.45) is 17.6 Å². The highest BCUT2D eigenvalue weighted by molar-refractivity contribution is 6.08. The number of fused-ring (bicyclic) bond motifs is 1. The number of nitrogens with two attached hydrogens (primary N) is 1. The van der Waals surface area contributed by atoms with Crippen molar-refractivity contribution in [1.82, 2.24) is 15.5 Å². The minimum atomic E-state index is -1.12. The summed E-state index contributed by atoms with van der Waals surface area (Å²) in [6.45, 7) is 0.942. The molecule has 8 heteroatoms. The van der Waals surface area contributed by atoms with Crippen LogP contribution in [0.25, 0.3) is 0 Å². The third-order valence-corrected chi connectivity index (χ3v) is 4.58. The van der Waals surface area contributed by atoms with E-state index in [1.165, 1.54) is 0 Å². The smallest absolute Gasteiger partial charge is 0.239 e. The first-order chi connectivity index (χ1) is 11.0. The number of aliphatic hydroxyl groups excluding tert-OH is 2. The Hall–Kier alpha value is -1.74. The Morgan fingerprint density at radius 3 is 2.78 bits per heavy atom. The highest BCUT2D eigenvalue weighted by Gasteiger charge is 2.52. The molecule has 2 saturated heterocycles. The van der Waals surface area contributed by atoms with E-state index in [0.717, 1.165) is 4.90 Å². The Labute approximate surface area is 134 Å². The van der Waals surface area contributed by atoms with Crippen molar-refractivity contribution in [3.63, 3.8) is 0 Å². The average Bonchev–Trinajstić information content (AvgIpc) is 2.78. The quantitative estimate of drug-likeness (QED) is 0.378. The van der Waals surface area contributed by atoms with Gasteiger partial charge in [0, 0.05) is 18.8 Å². The van der Waals surface area contributed by atoms with E-state index in [-0.39, 0.29) is 11.8 Å². The second-order valence-electron chi connectivity index (χ2n) is 6.04. The number of carbonyl (C=O) groups excluding carboxylic acids is 2. The molecular weight excluding hydrogens is 300 g/mol. The van der Waals surface area contributed by atoms with Gasteiger partial charge in [-0.3, -0.25) is 19.8 Å². The molecule has 5 unspecified atom stereocenters. The van der Waals surface area contributed by atoms with Gasteiger partial charge in [0.2, 0.25) is 11.8 Å². The van der Waals surface area contributed by atoms with Gasteiger partial charge in [0.1, 0.15) is 12.5 Å². The SMILES string of the molecule is NCCNC1=CC=CC2C(=O)N(C3CCC(O)NC3O)C(=O)C12. The Balaban J connectivity index is 1.82. The first kappa shape index (κ1) is 16.1. The van der Waals surface area contributed by atoms with Gasteiger partial charge < -0.3 is 21.3 Å². The molecule has 1 aliphatic carbocycles. The Kier molecular flexibility index (Phi) is 4.49. The van der Waals surface area contributed by atoms with E-state index in [9.17, 15) is 19.8 Å². The Morgan fingerprint density at radius 1 is 1.30 bits per heavy atom. The van der Waals surface area contributed by atoms with Crippen LogP contribution in [-0.4, -0.2) is 58.5 Å². The molecule has 0 aromatic rings. The van der Waals surface area contributed by atoms with Gasteiger partial charge >= 0.3 is 0 Å². The first-order valence-electron chi connectivity index (χ1n) is 7.86. The molecule has 2 aliphatic heterocycles. The third kappa shape index (κ3) is 2.78. The zero-order valence-corrected chi connectivity index (χ0v) is 12.7. The lowest BCUT2D eigenvalue weighted by molar-refractivity contribution is -0.149. The van der Waals surface area contributed by atoms with Crippen LogP contribution in [-0.2, 0) is 9.59 Å². The zero-order chi connectivity index (χ0) is 16.6. The van der Waals surface area contributed by atoms with Crippen LogP contribution in [0.4, 0.5) is 0 Å². The number of likely N-dealkylation sites (tertiary alicyclic amines) is 1. The van der Waals surface area contributed by atoms with E-state index >= 15 is 0 Å². The van der Waals surface area contributed by atoms with Crippen LogP contribution in [0.2, 0.25) is 0 Å². The van der Waals surface area contributed by atoms with Crippen molar-refractivity contribution in [2.45, 2.75) is 31.3 Å². The number of aliphatic hydroxyl groups is 2. The molecule has 3 rings (SSSR count). The lowest BCUT2D eigenvalue weighted by Gasteiger charge is -2.36. The van der Waals surface area contributed by atoms with E-state index in [0.29, 0.717) is 31.6 Å². The molecule has 6 N–H and O–H groups in total. The normalized spacial score (nSPS) is 36.9. The van der Waals surface area contributed by atoms with E-state index < -0.39 is 30.3 Å². The summed E-state index contributed by atoms with van der Waals surface area (Å²) in [5.41, 5.74) is 6.17. The lowest BCUT2D eigenvalue weighted by Crippen LogP contribution is -2.58. The summed E-state index contributed by atoms with van der Waals surface area (Å²) in [5.74, 6) is -1.76. The number of piperidine rings is 1. The second kappa shape index (κ2) is 6.40. The van der Waals surface area contributed by atoms with Crippen molar-refractivity contribution in [2.75, 3.05) is 13.1 Å². The van der Waals surface area contributed by atoms with Crippen LogP contribution < -0.4 is 16.4 Å². The van der Waals surface area contributed by atoms with E-state index in [1.807, 2.05) is 0 Å². The molecule has 0 aromatic carbocycles. The van der Waals surface area contributed by atoms with Gasteiger partial charge in [-0.15, -0.1) is 0 Å². The third-order valence-electron chi connectivity index (χ3n) is 4.58. The largest absolute Gasteiger partial charge is 0.386 e. The van der Waals surface area contributed by atoms with Gasteiger partial charge in [-0.1, -0.05) is 12.2 Å². The number of hydrogen-bond donors (Lipinski definition) is 5. The fraction of sp³-hybridized carbons (Fsp3) is 0.600. The molecule has 0 spiro atoms. The maximum atomic E-state index is 12.8. The van der Waals surface area contributed by atoms with Crippen molar-refractivity contribution in [3.05, 3.63) is 23.9 Å². The Morgan fingerprint density at radius 2 is 2.09 bits per heavy atom. The van der Waals surface area contributed by atoms with Gasteiger partial charge in [0.05, 0.1) is 17.9 Å². The zero-order valence-electron chi connectivity index (χ0n) is 12.7. The summed E-state index contributed by atoms with van der Waals surface area (Å²) in [5, 5.41) is 25.3. The minimum Gasteiger partial charge on any atom is -0.386 e. The van der Waals surface area contributed by atoms with Gasteiger partial charge in [0.15, 0.2) is 0 Å². The molecule has 8 nitrogen and oxygen atoms in total. The fourth-order valence-corrected chi connectivity index (χ4v) is 3.48. The number of carbonyl (C=O) groups is 2. The van der Waals surface area contributed by atoms with Crippen LogP contribution in [0.5, 0.6) is 0 Å². The van der Waals surface area contributed by atoms with E-state index in [4.69, 9.17) is 5.73 Å². The van der Waals surface area contributed by atoms with Crippen LogP contribution in [0.15, 0.2) is 23.9 Å². The Bertz CT molecular complexity index is 562. The monoisotopic (exact) mass is 322 g/mol. The van der Waals surface area contributed by atoms with Gasteiger partial charge in [-0.05, 0) is 18.9 Å². The molecule has 23 heavy (non-hydrogen) atoms. The molecule has 2 fully saturated rings. The number of imide groups is 1. The number of amides is 2. The molecule has 2 amide bonds. The highest BCUT2D eigenvalue weighted by atomic mass is 16.3. The molecule has 0 saturated carbocycles. The predicted molar refractivity (Wildman–Crippen MR) is 81.3 cm³/mol. The molecule has 3 aliphatic rings. The summed E-state index contributed by atoms with van der Waals surface area (Å²) < 4.78 is 0. The average molecular weight is 322 g/mol. The van der Waals surface area contributed by atoms with Crippen LogP contribution in [0.1, 0.15) is 12.8 Å². The summed E-state index contributed by atoms with van der Waals surface area (Å²) in [4.78, 5) is 26.6. The topological polar surface area (TPSA) is 128 Å². The minimum absolute atomic E-state index is 0.307. The van der Waals surface area contributed by atoms with E-state index in [2.05, 4.69) is 10.6 Å². The molecule has 2 heterocycles. The number of nitrogens with zero attached hydrogens (tertiary/aromatic N) is 1. The number of rotatable bonds is 4. The molecule has 126 valence electrons. The molecule has 0 bridgehead atoms. The van der Waals surface area contributed by atoms with Gasteiger partial charge in [-0.25, -0.2) is 0 Å². The van der Waals surface area contributed by atoms with Gasteiger partial charge in [-0.2, -0.15) is 0 Å².